The van der Waals surface area contributed by atoms with Crippen LogP contribution in [0.5, 0.6) is 5.88 Å². The van der Waals surface area contributed by atoms with Crippen LogP contribution in [0.1, 0.15) is 69.0 Å². The summed E-state index contributed by atoms with van der Waals surface area (Å²) in [4.78, 5) is 31.4. The molecule has 188 valence electrons. The molecule has 0 aromatic carbocycles. The van der Waals surface area contributed by atoms with Crippen LogP contribution in [0.3, 0.4) is 0 Å². The number of nitrogens with one attached hydrogen (secondary N) is 1. The van der Waals surface area contributed by atoms with E-state index in [0.29, 0.717) is 45.1 Å². The van der Waals surface area contributed by atoms with Crippen molar-refractivity contribution in [2.24, 2.45) is 0 Å². The number of pyridine rings is 1. The zero-order valence-corrected chi connectivity index (χ0v) is 20.3. The largest absolute Gasteiger partial charge is 0.472 e. The minimum atomic E-state index is -0.441. The Hall–Kier alpha value is -2.39. The van der Waals surface area contributed by atoms with E-state index >= 15 is 0 Å². The number of alkyl carbamates (subject to hydrolysis) is 1. The van der Waals surface area contributed by atoms with Crippen LogP contribution >= 0.6 is 0 Å². The first kappa shape index (κ1) is 24.7. The zero-order chi connectivity index (χ0) is 23.9. The Morgan fingerprint density at radius 1 is 1.24 bits per heavy atom. The molecule has 2 saturated heterocycles. The molecule has 1 aliphatic carbocycles. The normalized spacial score (nSPS) is 23.2. The number of methoxy groups -OCH3 is 1. The second-order valence-electron chi connectivity index (χ2n) is 9.37. The average Bonchev–Trinajstić information content (AvgIpc) is 3.57. The highest BCUT2D eigenvalue weighted by atomic mass is 16.6. The number of nitrogens with zero attached hydrogens (tertiary/aromatic N) is 2. The van der Waals surface area contributed by atoms with E-state index in [-0.39, 0.29) is 30.2 Å². The SMILES string of the molecule is COC(=O)NCCCc1cc(C(C)N(C(=O)[C@H]2CCCCO2)C2CC2)cnc1O[C@H]1CCOC1. The number of aryl methyl sites for hydroxylation is 1. The van der Waals surface area contributed by atoms with Crippen molar-refractivity contribution < 1.29 is 28.5 Å². The molecule has 9 heteroatoms. The Kier molecular flexibility index (Phi) is 8.61. The van der Waals surface area contributed by atoms with Crippen LogP contribution in [0, 0.1) is 0 Å². The van der Waals surface area contributed by atoms with Gasteiger partial charge < -0.3 is 29.2 Å². The van der Waals surface area contributed by atoms with Crippen LogP contribution < -0.4 is 10.1 Å². The molecule has 0 bridgehead atoms. The van der Waals surface area contributed by atoms with Crippen LogP contribution in [0.25, 0.3) is 0 Å². The number of hydrogen-bond acceptors (Lipinski definition) is 7. The van der Waals surface area contributed by atoms with Crippen molar-refractivity contribution in [1.29, 1.82) is 0 Å². The van der Waals surface area contributed by atoms with Crippen LogP contribution in [0.4, 0.5) is 4.79 Å². The molecule has 0 radical (unpaired) electrons. The third-order valence-electron chi connectivity index (χ3n) is 6.74. The second-order valence-corrected chi connectivity index (χ2v) is 9.37. The van der Waals surface area contributed by atoms with Gasteiger partial charge in [-0.3, -0.25) is 4.79 Å². The molecular weight excluding hydrogens is 438 g/mol. The van der Waals surface area contributed by atoms with Crippen molar-refractivity contribution >= 4 is 12.0 Å². The van der Waals surface area contributed by atoms with E-state index in [9.17, 15) is 9.59 Å². The molecule has 3 fully saturated rings. The Morgan fingerprint density at radius 3 is 2.76 bits per heavy atom. The molecule has 1 saturated carbocycles. The lowest BCUT2D eigenvalue weighted by Crippen LogP contribution is -2.44. The van der Waals surface area contributed by atoms with Crippen molar-refractivity contribution in [3.8, 4) is 5.88 Å². The highest BCUT2D eigenvalue weighted by Crippen LogP contribution is 2.37. The first-order valence-corrected chi connectivity index (χ1v) is 12.6. The quantitative estimate of drug-likeness (QED) is 0.519. The Morgan fingerprint density at radius 2 is 2.09 bits per heavy atom. The Bertz CT molecular complexity index is 834. The third kappa shape index (κ3) is 6.39. The van der Waals surface area contributed by atoms with E-state index in [0.717, 1.165) is 49.7 Å². The van der Waals surface area contributed by atoms with Gasteiger partial charge in [0, 0.05) is 37.4 Å². The highest BCUT2D eigenvalue weighted by molar-refractivity contribution is 5.82. The molecule has 1 unspecified atom stereocenters. The highest BCUT2D eigenvalue weighted by Gasteiger charge is 2.40. The maximum atomic E-state index is 13.4. The van der Waals surface area contributed by atoms with Crippen LogP contribution in [-0.4, -0.2) is 73.6 Å². The minimum Gasteiger partial charge on any atom is -0.472 e. The van der Waals surface area contributed by atoms with E-state index in [1.165, 1.54) is 7.11 Å². The summed E-state index contributed by atoms with van der Waals surface area (Å²) in [6, 6.07) is 2.27. The fourth-order valence-electron chi connectivity index (χ4n) is 4.64. The smallest absolute Gasteiger partial charge is 0.406 e. The van der Waals surface area contributed by atoms with E-state index in [1.54, 1.807) is 0 Å². The lowest BCUT2D eigenvalue weighted by Gasteiger charge is -2.34. The first-order valence-electron chi connectivity index (χ1n) is 12.6. The van der Waals surface area contributed by atoms with Gasteiger partial charge in [0.2, 0.25) is 5.88 Å². The van der Waals surface area contributed by atoms with Crippen LogP contribution in [-0.2, 0) is 25.4 Å². The minimum absolute atomic E-state index is 0.00397. The maximum Gasteiger partial charge on any atom is 0.406 e. The summed E-state index contributed by atoms with van der Waals surface area (Å²) in [7, 11) is 1.35. The predicted octanol–water partition coefficient (Wildman–Crippen LogP) is 3.16. The summed E-state index contributed by atoms with van der Waals surface area (Å²) >= 11 is 0. The summed E-state index contributed by atoms with van der Waals surface area (Å²) < 4.78 is 22.1. The molecular formula is C25H37N3O6. The van der Waals surface area contributed by atoms with Crippen LogP contribution in [0.15, 0.2) is 12.3 Å². The van der Waals surface area contributed by atoms with E-state index in [1.807, 2.05) is 11.1 Å². The van der Waals surface area contributed by atoms with Gasteiger partial charge in [0.15, 0.2) is 0 Å². The zero-order valence-electron chi connectivity index (χ0n) is 20.3. The molecule has 1 aromatic rings. The molecule has 3 heterocycles. The van der Waals surface area contributed by atoms with Crippen LogP contribution in [0.2, 0.25) is 0 Å². The monoisotopic (exact) mass is 475 g/mol. The fraction of sp³-hybridized carbons (Fsp3) is 0.720. The lowest BCUT2D eigenvalue weighted by atomic mass is 10.0. The van der Waals surface area contributed by atoms with Gasteiger partial charge in [-0.25, -0.2) is 9.78 Å². The van der Waals surface area contributed by atoms with Gasteiger partial charge in [-0.1, -0.05) is 0 Å². The van der Waals surface area contributed by atoms with Gasteiger partial charge in [0.1, 0.15) is 12.2 Å². The van der Waals surface area contributed by atoms with Gasteiger partial charge in [-0.05, 0) is 63.5 Å². The number of carbonyl (C=O) groups excluding carboxylic acids is 2. The summed E-state index contributed by atoms with van der Waals surface area (Å²) in [5, 5.41) is 2.72. The third-order valence-corrected chi connectivity index (χ3v) is 6.74. The number of hydrogen-bond donors (Lipinski definition) is 1. The molecule has 1 N–H and O–H groups in total. The maximum absolute atomic E-state index is 13.4. The lowest BCUT2D eigenvalue weighted by molar-refractivity contribution is -0.149. The van der Waals surface area contributed by atoms with E-state index in [4.69, 9.17) is 14.2 Å². The first-order chi connectivity index (χ1) is 16.6. The molecule has 3 atom stereocenters. The standard InChI is InChI=1S/C25H37N3O6/c1-17(28(20-8-9-20)24(29)22-7-3-4-12-33-22)19-14-18(6-5-11-26-25(30)31-2)23(27-15-19)34-21-10-13-32-16-21/h14-15,17,20-22H,3-13,16H2,1-2H3,(H,26,30)/t17?,21-,22+/m0/s1. The fourth-order valence-corrected chi connectivity index (χ4v) is 4.64. The molecule has 2 aliphatic heterocycles. The summed E-state index contributed by atoms with van der Waals surface area (Å²) in [6.45, 7) is 4.48. The molecule has 34 heavy (non-hydrogen) atoms. The number of carbonyl (C=O) groups is 2. The number of ether oxygens (including phenoxy) is 4. The van der Waals surface area contributed by atoms with Gasteiger partial charge >= 0.3 is 6.09 Å². The van der Waals surface area contributed by atoms with Gasteiger partial charge in [-0.2, -0.15) is 0 Å². The molecule has 3 aliphatic rings. The van der Waals surface area contributed by atoms with E-state index < -0.39 is 6.09 Å². The molecule has 0 spiro atoms. The summed E-state index contributed by atoms with van der Waals surface area (Å²) in [5.41, 5.74) is 1.96. The van der Waals surface area contributed by atoms with Gasteiger partial charge in [0.05, 0.1) is 26.4 Å². The molecule has 1 aromatic heterocycles. The van der Waals surface area contributed by atoms with Crippen molar-refractivity contribution in [2.75, 3.05) is 33.5 Å². The summed E-state index contributed by atoms with van der Waals surface area (Å²) in [6.07, 6.45) is 8.21. The molecule has 9 nitrogen and oxygen atoms in total. The van der Waals surface area contributed by atoms with E-state index in [2.05, 4.69) is 28.0 Å². The Balaban J connectivity index is 1.49. The van der Waals surface area contributed by atoms with Crippen molar-refractivity contribution in [1.82, 2.24) is 15.2 Å². The Labute approximate surface area is 201 Å². The second kappa shape index (κ2) is 11.8. The molecule has 4 rings (SSSR count). The van der Waals surface area contributed by atoms with Crippen molar-refractivity contribution in [3.05, 3.63) is 23.4 Å². The van der Waals surface area contributed by atoms with Crippen molar-refractivity contribution in [3.63, 3.8) is 0 Å². The number of rotatable bonds is 10. The van der Waals surface area contributed by atoms with Crippen molar-refractivity contribution in [2.45, 2.75) is 82.6 Å². The number of amides is 2. The average molecular weight is 476 g/mol. The number of aromatic nitrogens is 1. The molecule has 2 amide bonds. The van der Waals surface area contributed by atoms with Gasteiger partial charge in [0.25, 0.3) is 5.91 Å². The summed E-state index contributed by atoms with van der Waals surface area (Å²) in [5.74, 6) is 0.700. The van der Waals surface area contributed by atoms with Gasteiger partial charge in [-0.15, -0.1) is 0 Å². The topological polar surface area (TPSA) is 99.2 Å². The predicted molar refractivity (Wildman–Crippen MR) is 125 cm³/mol.